The maximum absolute atomic E-state index is 11.7. The Balaban J connectivity index is 3.21. The van der Waals surface area contributed by atoms with Gasteiger partial charge in [-0.05, 0) is 12.8 Å². The Labute approximate surface area is 63.0 Å². The second kappa shape index (κ2) is 7.00. The highest BCUT2D eigenvalue weighted by atomic mass is 19.1. The summed E-state index contributed by atoms with van der Waals surface area (Å²) in [7, 11) is 0. The maximum atomic E-state index is 11.7. The van der Waals surface area contributed by atoms with Gasteiger partial charge in [0.05, 0.1) is 0 Å². The molecule has 2 heteroatoms. The standard InChI is InChI=1S/C8H18FN/c1-3-5-8(4-2)10-7-6-9/h8,10H,3-7H2,1-2H3. The summed E-state index contributed by atoms with van der Waals surface area (Å²) >= 11 is 0. The summed E-state index contributed by atoms with van der Waals surface area (Å²) in [6, 6.07) is 0.528. The van der Waals surface area contributed by atoms with E-state index in [2.05, 4.69) is 19.2 Å². The van der Waals surface area contributed by atoms with Crippen molar-refractivity contribution in [1.82, 2.24) is 5.32 Å². The third-order valence-corrected chi connectivity index (χ3v) is 1.66. The van der Waals surface area contributed by atoms with Gasteiger partial charge in [0.15, 0.2) is 0 Å². The number of alkyl halides is 1. The van der Waals surface area contributed by atoms with E-state index in [1.165, 1.54) is 6.42 Å². The van der Waals surface area contributed by atoms with E-state index >= 15 is 0 Å². The molecule has 1 nitrogen and oxygen atoms in total. The van der Waals surface area contributed by atoms with E-state index < -0.39 is 0 Å². The fourth-order valence-electron chi connectivity index (χ4n) is 1.06. The molecule has 10 heavy (non-hydrogen) atoms. The van der Waals surface area contributed by atoms with Crippen molar-refractivity contribution in [3.05, 3.63) is 0 Å². The molecule has 0 aliphatic heterocycles. The molecule has 0 heterocycles. The second-order valence-corrected chi connectivity index (χ2v) is 2.54. The molecule has 0 bridgehead atoms. The fraction of sp³-hybridized carbons (Fsp3) is 1.00. The quantitative estimate of drug-likeness (QED) is 0.607. The van der Waals surface area contributed by atoms with Crippen molar-refractivity contribution < 1.29 is 4.39 Å². The molecule has 0 aliphatic carbocycles. The number of nitrogens with one attached hydrogen (secondary N) is 1. The molecule has 62 valence electrons. The first-order valence-corrected chi connectivity index (χ1v) is 4.14. The Hall–Kier alpha value is -0.110. The smallest absolute Gasteiger partial charge is 0.102 e. The van der Waals surface area contributed by atoms with Gasteiger partial charge in [-0.15, -0.1) is 0 Å². The van der Waals surface area contributed by atoms with Crippen LogP contribution in [0.5, 0.6) is 0 Å². The van der Waals surface area contributed by atoms with Gasteiger partial charge in [-0.3, -0.25) is 0 Å². The van der Waals surface area contributed by atoms with Crippen molar-refractivity contribution in [1.29, 1.82) is 0 Å². The van der Waals surface area contributed by atoms with Gasteiger partial charge in [0.2, 0.25) is 0 Å². The monoisotopic (exact) mass is 147 g/mol. The Kier molecular flexibility index (Phi) is 6.93. The van der Waals surface area contributed by atoms with Crippen LogP contribution in [-0.2, 0) is 0 Å². The van der Waals surface area contributed by atoms with Gasteiger partial charge in [-0.25, -0.2) is 4.39 Å². The summed E-state index contributed by atoms with van der Waals surface area (Å²) in [5.74, 6) is 0. The first kappa shape index (κ1) is 9.89. The van der Waals surface area contributed by atoms with Crippen LogP contribution in [0, 0.1) is 0 Å². The van der Waals surface area contributed by atoms with Crippen LogP contribution in [0.25, 0.3) is 0 Å². The molecule has 1 N–H and O–H groups in total. The molecule has 0 spiro atoms. The lowest BCUT2D eigenvalue weighted by molar-refractivity contribution is 0.408. The van der Waals surface area contributed by atoms with Crippen LogP contribution in [0.3, 0.4) is 0 Å². The van der Waals surface area contributed by atoms with Gasteiger partial charge in [0.1, 0.15) is 6.67 Å². The molecule has 0 aromatic carbocycles. The lowest BCUT2D eigenvalue weighted by atomic mass is 10.1. The van der Waals surface area contributed by atoms with Crippen LogP contribution in [0.15, 0.2) is 0 Å². The van der Waals surface area contributed by atoms with Gasteiger partial charge < -0.3 is 5.32 Å². The van der Waals surface area contributed by atoms with Gasteiger partial charge in [0, 0.05) is 12.6 Å². The topological polar surface area (TPSA) is 12.0 Å². The molecule has 0 fully saturated rings. The van der Waals surface area contributed by atoms with Gasteiger partial charge in [-0.1, -0.05) is 20.3 Å². The molecule has 0 rings (SSSR count). The predicted molar refractivity (Wildman–Crippen MR) is 43.0 cm³/mol. The Morgan fingerprint density at radius 1 is 1.40 bits per heavy atom. The van der Waals surface area contributed by atoms with E-state index in [9.17, 15) is 4.39 Å². The molecule has 0 saturated carbocycles. The van der Waals surface area contributed by atoms with Crippen molar-refractivity contribution in [3.63, 3.8) is 0 Å². The first-order valence-electron chi connectivity index (χ1n) is 4.14. The lowest BCUT2D eigenvalue weighted by Gasteiger charge is -2.13. The first-order chi connectivity index (χ1) is 4.85. The van der Waals surface area contributed by atoms with E-state index in [1.54, 1.807) is 0 Å². The molecule has 0 aliphatic rings. The summed E-state index contributed by atoms with van der Waals surface area (Å²) in [6.45, 7) is 4.55. The Morgan fingerprint density at radius 2 is 2.10 bits per heavy atom. The highest BCUT2D eigenvalue weighted by Crippen LogP contribution is 1.99. The highest BCUT2D eigenvalue weighted by molar-refractivity contribution is 4.62. The van der Waals surface area contributed by atoms with Gasteiger partial charge in [0.25, 0.3) is 0 Å². The van der Waals surface area contributed by atoms with Crippen LogP contribution >= 0.6 is 0 Å². The number of hydrogen-bond acceptors (Lipinski definition) is 1. The number of rotatable bonds is 6. The van der Waals surface area contributed by atoms with Crippen LogP contribution in [0.1, 0.15) is 33.1 Å². The summed E-state index contributed by atoms with van der Waals surface area (Å²) < 4.78 is 11.7. The van der Waals surface area contributed by atoms with Crippen LogP contribution in [0.2, 0.25) is 0 Å². The zero-order chi connectivity index (χ0) is 7.82. The van der Waals surface area contributed by atoms with E-state index in [4.69, 9.17) is 0 Å². The molecule has 0 saturated heterocycles. The number of halogens is 1. The van der Waals surface area contributed by atoms with Crippen molar-refractivity contribution >= 4 is 0 Å². The van der Waals surface area contributed by atoms with E-state index in [0.717, 1.165) is 12.8 Å². The molecule has 0 radical (unpaired) electrons. The molecular weight excluding hydrogens is 129 g/mol. The van der Waals surface area contributed by atoms with Crippen molar-refractivity contribution in [2.45, 2.75) is 39.2 Å². The summed E-state index contributed by atoms with van der Waals surface area (Å²) in [6.07, 6.45) is 3.45. The molecule has 0 amide bonds. The minimum atomic E-state index is -0.250. The van der Waals surface area contributed by atoms with Gasteiger partial charge >= 0.3 is 0 Å². The van der Waals surface area contributed by atoms with Crippen molar-refractivity contribution in [3.8, 4) is 0 Å². The summed E-state index contributed by atoms with van der Waals surface area (Å²) in [5.41, 5.74) is 0. The maximum Gasteiger partial charge on any atom is 0.102 e. The van der Waals surface area contributed by atoms with E-state index in [0.29, 0.717) is 12.6 Å². The number of hydrogen-bond donors (Lipinski definition) is 1. The van der Waals surface area contributed by atoms with Crippen LogP contribution < -0.4 is 5.32 Å². The average molecular weight is 147 g/mol. The van der Waals surface area contributed by atoms with Crippen LogP contribution in [-0.4, -0.2) is 19.3 Å². The van der Waals surface area contributed by atoms with E-state index in [-0.39, 0.29) is 6.67 Å². The molecule has 0 aromatic rings. The normalized spacial score (nSPS) is 13.5. The van der Waals surface area contributed by atoms with Crippen LogP contribution in [0.4, 0.5) is 4.39 Å². The zero-order valence-corrected chi connectivity index (χ0v) is 6.99. The zero-order valence-electron chi connectivity index (χ0n) is 6.99. The SMILES string of the molecule is CCCC(CC)NCCF. The largest absolute Gasteiger partial charge is 0.311 e. The molecular formula is C8H18FN. The lowest BCUT2D eigenvalue weighted by Crippen LogP contribution is -2.29. The minimum absolute atomic E-state index is 0.250. The minimum Gasteiger partial charge on any atom is -0.311 e. The summed E-state index contributed by atoms with van der Waals surface area (Å²) in [4.78, 5) is 0. The highest BCUT2D eigenvalue weighted by Gasteiger charge is 2.01. The predicted octanol–water partition coefficient (Wildman–Crippen LogP) is 2.12. The third kappa shape index (κ3) is 4.74. The van der Waals surface area contributed by atoms with Crippen molar-refractivity contribution in [2.75, 3.05) is 13.2 Å². The Bertz CT molecular complexity index is 66.3. The fourth-order valence-corrected chi connectivity index (χ4v) is 1.06. The van der Waals surface area contributed by atoms with E-state index in [1.807, 2.05) is 0 Å². The molecule has 0 aromatic heterocycles. The third-order valence-electron chi connectivity index (χ3n) is 1.66. The molecule has 1 unspecified atom stereocenters. The average Bonchev–Trinajstić information content (AvgIpc) is 1.98. The Morgan fingerprint density at radius 3 is 2.50 bits per heavy atom. The molecule has 1 atom stereocenters. The van der Waals surface area contributed by atoms with Crippen molar-refractivity contribution in [2.24, 2.45) is 0 Å². The second-order valence-electron chi connectivity index (χ2n) is 2.54. The summed E-state index contributed by atoms with van der Waals surface area (Å²) in [5, 5.41) is 3.14. The van der Waals surface area contributed by atoms with Gasteiger partial charge in [-0.2, -0.15) is 0 Å².